The fourth-order valence-electron chi connectivity index (χ4n) is 2.49. The molecule has 104 valence electrons. The van der Waals surface area contributed by atoms with E-state index in [0.717, 1.165) is 18.0 Å². The summed E-state index contributed by atoms with van der Waals surface area (Å²) in [6.07, 6.45) is 3.50. The predicted molar refractivity (Wildman–Crippen MR) is 80.2 cm³/mol. The van der Waals surface area contributed by atoms with E-state index in [1.807, 2.05) is 6.07 Å². The van der Waals surface area contributed by atoms with Crippen molar-refractivity contribution in [2.24, 2.45) is 17.8 Å². The largest absolute Gasteiger partial charge is 0.326 e. The lowest BCUT2D eigenvalue weighted by Crippen LogP contribution is -2.15. The van der Waals surface area contributed by atoms with Crippen molar-refractivity contribution in [3.63, 3.8) is 0 Å². The summed E-state index contributed by atoms with van der Waals surface area (Å²) in [7, 11) is 0. The molecule has 0 heterocycles. The highest BCUT2D eigenvalue weighted by Crippen LogP contribution is 2.43. The Bertz CT molecular complexity index is 464. The minimum absolute atomic E-state index is 0.206. The molecule has 1 fully saturated rings. The average Bonchev–Trinajstić information content (AvgIpc) is 3.11. The predicted octanol–water partition coefficient (Wildman–Crippen LogP) is 4.31. The van der Waals surface area contributed by atoms with Gasteiger partial charge in [-0.3, -0.25) is 4.79 Å². The van der Waals surface area contributed by atoms with Crippen molar-refractivity contribution >= 4 is 11.6 Å². The van der Waals surface area contributed by atoms with E-state index in [4.69, 9.17) is 0 Å². The van der Waals surface area contributed by atoms with Crippen molar-refractivity contribution in [2.45, 2.75) is 47.0 Å². The zero-order valence-electron chi connectivity index (χ0n) is 12.5. The van der Waals surface area contributed by atoms with Gasteiger partial charge in [-0.2, -0.15) is 0 Å². The molecule has 0 saturated heterocycles. The standard InChI is InChI=1S/C17H25NO/c1-11(2)5-7-14-10-16(14)17(19)18-15-8-6-12(3)13(4)9-15/h6,8-9,11,14,16H,5,7,10H2,1-4H3,(H,18,19)/t14-,16-/m0/s1. The third-order valence-electron chi connectivity index (χ3n) is 4.15. The smallest absolute Gasteiger partial charge is 0.227 e. The molecule has 1 aromatic rings. The van der Waals surface area contributed by atoms with Gasteiger partial charge in [0.2, 0.25) is 5.91 Å². The summed E-state index contributed by atoms with van der Waals surface area (Å²) in [5.41, 5.74) is 3.42. The molecular weight excluding hydrogens is 234 g/mol. The van der Waals surface area contributed by atoms with E-state index in [-0.39, 0.29) is 11.8 Å². The monoisotopic (exact) mass is 259 g/mol. The highest BCUT2D eigenvalue weighted by molar-refractivity contribution is 5.94. The van der Waals surface area contributed by atoms with Gasteiger partial charge in [0.15, 0.2) is 0 Å². The molecule has 19 heavy (non-hydrogen) atoms. The van der Waals surface area contributed by atoms with Crippen molar-refractivity contribution < 1.29 is 4.79 Å². The van der Waals surface area contributed by atoms with E-state index in [9.17, 15) is 4.79 Å². The van der Waals surface area contributed by atoms with Crippen molar-refractivity contribution in [3.05, 3.63) is 29.3 Å². The number of hydrogen-bond donors (Lipinski definition) is 1. The number of amides is 1. The lowest BCUT2D eigenvalue weighted by Gasteiger charge is -2.08. The average molecular weight is 259 g/mol. The van der Waals surface area contributed by atoms with Crippen LogP contribution in [-0.2, 0) is 4.79 Å². The van der Waals surface area contributed by atoms with Gasteiger partial charge in [-0.05, 0) is 61.8 Å². The molecule has 2 nitrogen and oxygen atoms in total. The van der Waals surface area contributed by atoms with Crippen molar-refractivity contribution in [2.75, 3.05) is 5.32 Å². The third-order valence-corrected chi connectivity index (χ3v) is 4.15. The van der Waals surface area contributed by atoms with Crippen LogP contribution in [0, 0.1) is 31.6 Å². The van der Waals surface area contributed by atoms with Crippen LogP contribution < -0.4 is 5.32 Å². The van der Waals surface area contributed by atoms with E-state index in [1.165, 1.54) is 24.0 Å². The van der Waals surface area contributed by atoms with Crippen LogP contribution in [0.5, 0.6) is 0 Å². The van der Waals surface area contributed by atoms with E-state index in [2.05, 4.69) is 45.1 Å². The first-order valence-corrected chi connectivity index (χ1v) is 7.35. The first-order valence-electron chi connectivity index (χ1n) is 7.35. The number of nitrogens with one attached hydrogen (secondary N) is 1. The number of rotatable bonds is 5. The molecule has 0 spiro atoms. The molecule has 1 amide bonds. The molecule has 1 saturated carbocycles. The van der Waals surface area contributed by atoms with Crippen LogP contribution in [0.1, 0.15) is 44.2 Å². The Labute approximate surface area is 116 Å². The number of anilines is 1. The molecule has 0 bridgehead atoms. The molecule has 1 N–H and O–H groups in total. The van der Waals surface area contributed by atoms with Gasteiger partial charge in [-0.1, -0.05) is 26.3 Å². The van der Waals surface area contributed by atoms with Gasteiger partial charge >= 0.3 is 0 Å². The molecule has 0 aliphatic heterocycles. The molecule has 0 unspecified atom stereocenters. The Morgan fingerprint density at radius 3 is 2.68 bits per heavy atom. The maximum absolute atomic E-state index is 12.1. The van der Waals surface area contributed by atoms with E-state index in [1.54, 1.807) is 0 Å². The van der Waals surface area contributed by atoms with Crippen LogP contribution in [0.3, 0.4) is 0 Å². The summed E-state index contributed by atoms with van der Waals surface area (Å²) in [6.45, 7) is 8.65. The molecule has 1 aliphatic carbocycles. The minimum atomic E-state index is 0.206. The van der Waals surface area contributed by atoms with Gasteiger partial charge in [0.05, 0.1) is 0 Å². The van der Waals surface area contributed by atoms with Crippen LogP contribution in [0.2, 0.25) is 0 Å². The highest BCUT2D eigenvalue weighted by Gasteiger charge is 2.42. The molecule has 2 atom stereocenters. The third kappa shape index (κ3) is 3.82. The van der Waals surface area contributed by atoms with E-state index in [0.29, 0.717) is 5.92 Å². The number of aryl methyl sites for hydroxylation is 2. The van der Waals surface area contributed by atoms with Crippen LogP contribution in [0.4, 0.5) is 5.69 Å². The molecule has 1 aromatic carbocycles. The first-order chi connectivity index (χ1) is 8.97. The summed E-state index contributed by atoms with van der Waals surface area (Å²) in [6, 6.07) is 6.11. The Kier molecular flexibility index (Phi) is 4.28. The molecule has 1 aliphatic rings. The minimum Gasteiger partial charge on any atom is -0.326 e. The second-order valence-corrected chi connectivity index (χ2v) is 6.36. The summed E-state index contributed by atoms with van der Waals surface area (Å²) in [4.78, 5) is 12.1. The lowest BCUT2D eigenvalue weighted by atomic mass is 10.0. The van der Waals surface area contributed by atoms with Gasteiger partial charge in [-0.25, -0.2) is 0 Å². The number of benzene rings is 1. The van der Waals surface area contributed by atoms with Crippen molar-refractivity contribution in [1.82, 2.24) is 0 Å². The second-order valence-electron chi connectivity index (χ2n) is 6.36. The van der Waals surface area contributed by atoms with Gasteiger partial charge in [0.1, 0.15) is 0 Å². The lowest BCUT2D eigenvalue weighted by molar-refractivity contribution is -0.117. The SMILES string of the molecule is Cc1ccc(NC(=O)[C@H]2C[C@@H]2CCC(C)C)cc1C. The normalized spacial score (nSPS) is 21.5. The Morgan fingerprint density at radius 1 is 1.32 bits per heavy atom. The zero-order chi connectivity index (χ0) is 14.0. The summed E-state index contributed by atoms with van der Waals surface area (Å²) in [5, 5.41) is 3.05. The van der Waals surface area contributed by atoms with Gasteiger partial charge < -0.3 is 5.32 Å². The number of carbonyl (C=O) groups is 1. The highest BCUT2D eigenvalue weighted by atomic mass is 16.2. The Hall–Kier alpha value is -1.31. The van der Waals surface area contributed by atoms with E-state index >= 15 is 0 Å². The molecular formula is C17H25NO. The Morgan fingerprint density at radius 2 is 2.05 bits per heavy atom. The van der Waals surface area contributed by atoms with Crippen LogP contribution in [-0.4, -0.2) is 5.91 Å². The molecule has 0 aromatic heterocycles. The maximum Gasteiger partial charge on any atom is 0.227 e. The zero-order valence-corrected chi connectivity index (χ0v) is 12.5. The van der Waals surface area contributed by atoms with Gasteiger partial charge in [0, 0.05) is 11.6 Å². The number of carbonyl (C=O) groups excluding carboxylic acids is 1. The van der Waals surface area contributed by atoms with Crippen LogP contribution in [0.25, 0.3) is 0 Å². The summed E-state index contributed by atoms with van der Waals surface area (Å²) >= 11 is 0. The van der Waals surface area contributed by atoms with Crippen molar-refractivity contribution in [3.8, 4) is 0 Å². The number of hydrogen-bond acceptors (Lipinski definition) is 1. The summed E-state index contributed by atoms with van der Waals surface area (Å²) in [5.74, 6) is 1.82. The van der Waals surface area contributed by atoms with Crippen molar-refractivity contribution in [1.29, 1.82) is 0 Å². The van der Waals surface area contributed by atoms with Gasteiger partial charge in [-0.15, -0.1) is 0 Å². The fraction of sp³-hybridized carbons (Fsp3) is 0.588. The molecule has 2 heteroatoms. The van der Waals surface area contributed by atoms with Crippen LogP contribution in [0.15, 0.2) is 18.2 Å². The second kappa shape index (κ2) is 5.77. The fourth-order valence-corrected chi connectivity index (χ4v) is 2.49. The molecule has 2 rings (SSSR count). The van der Waals surface area contributed by atoms with Gasteiger partial charge in [0.25, 0.3) is 0 Å². The topological polar surface area (TPSA) is 29.1 Å². The first kappa shape index (κ1) is 14.1. The van der Waals surface area contributed by atoms with E-state index < -0.39 is 0 Å². The maximum atomic E-state index is 12.1. The quantitative estimate of drug-likeness (QED) is 0.838. The van der Waals surface area contributed by atoms with Crippen LogP contribution >= 0.6 is 0 Å². The summed E-state index contributed by atoms with van der Waals surface area (Å²) < 4.78 is 0. The Balaban J connectivity index is 1.84. The molecule has 0 radical (unpaired) electrons.